The fourth-order valence-corrected chi connectivity index (χ4v) is 2.96. The Kier molecular flexibility index (Phi) is 4.46. The van der Waals surface area contributed by atoms with Gasteiger partial charge in [0.1, 0.15) is 5.82 Å². The zero-order chi connectivity index (χ0) is 14.7. The molecule has 0 N–H and O–H groups in total. The first-order valence-corrected chi connectivity index (χ1v) is 7.78. The summed E-state index contributed by atoms with van der Waals surface area (Å²) in [5.74, 6) is 1.58. The molecular formula is C17H23N3O. The Hall–Kier alpha value is -1.52. The molecule has 2 heterocycles. The lowest BCUT2D eigenvalue weighted by molar-refractivity contribution is 0.166. The van der Waals surface area contributed by atoms with Gasteiger partial charge in [0, 0.05) is 24.2 Å². The summed E-state index contributed by atoms with van der Waals surface area (Å²) in [6, 6.07) is 8.22. The summed E-state index contributed by atoms with van der Waals surface area (Å²) in [5.41, 5.74) is 2.11. The van der Waals surface area contributed by atoms with E-state index >= 15 is 0 Å². The minimum absolute atomic E-state index is 0.659. The van der Waals surface area contributed by atoms with Gasteiger partial charge in [-0.05, 0) is 31.9 Å². The van der Waals surface area contributed by atoms with E-state index in [0.29, 0.717) is 5.92 Å². The van der Waals surface area contributed by atoms with Crippen molar-refractivity contribution in [2.45, 2.75) is 26.8 Å². The van der Waals surface area contributed by atoms with Crippen LogP contribution in [0.5, 0.6) is 0 Å². The molecule has 0 radical (unpaired) electrons. The van der Waals surface area contributed by atoms with Gasteiger partial charge in [-0.25, -0.2) is 9.97 Å². The molecule has 1 atom stereocenters. The van der Waals surface area contributed by atoms with Gasteiger partial charge in [0.05, 0.1) is 18.7 Å². The molecule has 1 aromatic heterocycles. The van der Waals surface area contributed by atoms with E-state index in [1.165, 1.54) is 6.42 Å². The summed E-state index contributed by atoms with van der Waals surface area (Å²) < 4.78 is 5.47. The Balaban J connectivity index is 1.76. The van der Waals surface area contributed by atoms with Crippen molar-refractivity contribution in [2.24, 2.45) is 5.92 Å². The number of aromatic nitrogens is 2. The average Bonchev–Trinajstić information content (AvgIpc) is 2.99. The van der Waals surface area contributed by atoms with Gasteiger partial charge in [-0.3, -0.25) is 4.90 Å². The molecule has 3 rings (SSSR count). The van der Waals surface area contributed by atoms with Crippen molar-refractivity contribution in [3.8, 4) is 0 Å². The van der Waals surface area contributed by atoms with Gasteiger partial charge < -0.3 is 4.74 Å². The SMILES string of the molecule is CCN(Cc1nc(C)c2ccccc2n1)C[C@H]1CCOC1. The fraction of sp³-hybridized carbons (Fsp3) is 0.529. The van der Waals surface area contributed by atoms with E-state index in [2.05, 4.69) is 35.9 Å². The topological polar surface area (TPSA) is 38.2 Å². The highest BCUT2D eigenvalue weighted by atomic mass is 16.5. The predicted octanol–water partition coefficient (Wildman–Crippen LogP) is 2.80. The van der Waals surface area contributed by atoms with Crippen molar-refractivity contribution in [1.29, 1.82) is 0 Å². The van der Waals surface area contributed by atoms with Crippen LogP contribution in [0.3, 0.4) is 0 Å². The molecule has 1 fully saturated rings. The molecule has 0 bridgehead atoms. The summed E-state index contributed by atoms with van der Waals surface area (Å²) in [4.78, 5) is 11.8. The summed E-state index contributed by atoms with van der Waals surface area (Å²) in [5, 5.41) is 1.15. The highest BCUT2D eigenvalue weighted by molar-refractivity contribution is 5.80. The second-order valence-electron chi connectivity index (χ2n) is 5.80. The van der Waals surface area contributed by atoms with Crippen LogP contribution in [-0.2, 0) is 11.3 Å². The summed E-state index contributed by atoms with van der Waals surface area (Å²) >= 11 is 0. The van der Waals surface area contributed by atoms with Crippen LogP contribution in [0.1, 0.15) is 24.9 Å². The van der Waals surface area contributed by atoms with Crippen LogP contribution < -0.4 is 0 Å². The summed E-state index contributed by atoms with van der Waals surface area (Å²) in [7, 11) is 0. The molecule has 4 heteroatoms. The van der Waals surface area contributed by atoms with Gasteiger partial charge in [-0.2, -0.15) is 0 Å². The van der Waals surface area contributed by atoms with Crippen molar-refractivity contribution < 1.29 is 4.74 Å². The van der Waals surface area contributed by atoms with Gasteiger partial charge in [0.15, 0.2) is 0 Å². The Labute approximate surface area is 126 Å². The van der Waals surface area contributed by atoms with Gasteiger partial charge in [0.25, 0.3) is 0 Å². The minimum atomic E-state index is 0.659. The lowest BCUT2D eigenvalue weighted by atomic mass is 10.1. The normalized spacial score (nSPS) is 18.7. The van der Waals surface area contributed by atoms with Crippen LogP contribution in [0.2, 0.25) is 0 Å². The maximum absolute atomic E-state index is 5.47. The lowest BCUT2D eigenvalue weighted by Crippen LogP contribution is -2.30. The minimum Gasteiger partial charge on any atom is -0.381 e. The molecular weight excluding hydrogens is 262 g/mol. The number of hydrogen-bond acceptors (Lipinski definition) is 4. The predicted molar refractivity (Wildman–Crippen MR) is 84.2 cm³/mol. The largest absolute Gasteiger partial charge is 0.381 e. The van der Waals surface area contributed by atoms with Gasteiger partial charge in [0.2, 0.25) is 0 Å². The van der Waals surface area contributed by atoms with Crippen LogP contribution >= 0.6 is 0 Å². The first kappa shape index (κ1) is 14.4. The standard InChI is InChI=1S/C17H23N3O/c1-3-20(10-14-8-9-21-12-14)11-17-18-13(2)15-6-4-5-7-16(15)19-17/h4-7,14H,3,8-12H2,1-2H3/t14-/m1/s1. The Morgan fingerprint density at radius 2 is 2.14 bits per heavy atom. The van der Waals surface area contributed by atoms with E-state index in [4.69, 9.17) is 9.72 Å². The summed E-state index contributed by atoms with van der Waals surface area (Å²) in [6.07, 6.45) is 1.17. The first-order chi connectivity index (χ1) is 10.3. The summed E-state index contributed by atoms with van der Waals surface area (Å²) in [6.45, 7) is 8.98. The van der Waals surface area contributed by atoms with Crippen molar-refractivity contribution in [2.75, 3.05) is 26.3 Å². The van der Waals surface area contributed by atoms with E-state index in [9.17, 15) is 0 Å². The van der Waals surface area contributed by atoms with E-state index in [1.54, 1.807) is 0 Å². The van der Waals surface area contributed by atoms with Crippen molar-refractivity contribution in [3.05, 3.63) is 35.8 Å². The number of rotatable bonds is 5. The number of para-hydroxylation sites is 1. The maximum Gasteiger partial charge on any atom is 0.143 e. The number of hydrogen-bond donors (Lipinski definition) is 0. The number of nitrogens with zero attached hydrogens (tertiary/aromatic N) is 3. The van der Waals surface area contributed by atoms with E-state index in [1.807, 2.05) is 12.1 Å². The molecule has 112 valence electrons. The molecule has 1 aliphatic heterocycles. The highest BCUT2D eigenvalue weighted by Gasteiger charge is 2.19. The van der Waals surface area contributed by atoms with E-state index in [0.717, 1.165) is 55.3 Å². The Morgan fingerprint density at radius 1 is 1.29 bits per heavy atom. The number of aryl methyl sites for hydroxylation is 1. The average molecular weight is 285 g/mol. The molecule has 2 aromatic rings. The lowest BCUT2D eigenvalue weighted by Gasteiger charge is -2.22. The molecule has 0 amide bonds. The molecule has 0 spiro atoms. The molecule has 0 saturated carbocycles. The van der Waals surface area contributed by atoms with Crippen LogP contribution in [0.15, 0.2) is 24.3 Å². The van der Waals surface area contributed by atoms with E-state index < -0.39 is 0 Å². The number of fused-ring (bicyclic) bond motifs is 1. The molecule has 4 nitrogen and oxygen atoms in total. The van der Waals surface area contributed by atoms with Crippen LogP contribution in [0, 0.1) is 12.8 Å². The fourth-order valence-electron chi connectivity index (χ4n) is 2.96. The Morgan fingerprint density at radius 3 is 2.90 bits per heavy atom. The van der Waals surface area contributed by atoms with Crippen molar-refractivity contribution >= 4 is 10.9 Å². The third-order valence-electron chi connectivity index (χ3n) is 4.19. The molecule has 0 aliphatic carbocycles. The molecule has 1 saturated heterocycles. The van der Waals surface area contributed by atoms with Crippen molar-refractivity contribution in [3.63, 3.8) is 0 Å². The maximum atomic E-state index is 5.47. The second kappa shape index (κ2) is 6.50. The second-order valence-corrected chi connectivity index (χ2v) is 5.80. The smallest absolute Gasteiger partial charge is 0.143 e. The zero-order valence-corrected chi connectivity index (χ0v) is 12.9. The van der Waals surface area contributed by atoms with Crippen LogP contribution in [0.4, 0.5) is 0 Å². The highest BCUT2D eigenvalue weighted by Crippen LogP contribution is 2.17. The number of ether oxygens (including phenoxy) is 1. The van der Waals surface area contributed by atoms with Gasteiger partial charge in [-0.15, -0.1) is 0 Å². The quantitative estimate of drug-likeness (QED) is 0.846. The molecule has 1 aliphatic rings. The van der Waals surface area contributed by atoms with Gasteiger partial charge in [-0.1, -0.05) is 25.1 Å². The number of benzene rings is 1. The van der Waals surface area contributed by atoms with Crippen molar-refractivity contribution in [1.82, 2.24) is 14.9 Å². The zero-order valence-electron chi connectivity index (χ0n) is 12.9. The van der Waals surface area contributed by atoms with Crippen LogP contribution in [0.25, 0.3) is 10.9 Å². The first-order valence-electron chi connectivity index (χ1n) is 7.78. The molecule has 1 aromatic carbocycles. The Bertz CT molecular complexity index is 608. The van der Waals surface area contributed by atoms with E-state index in [-0.39, 0.29) is 0 Å². The monoisotopic (exact) mass is 285 g/mol. The molecule has 21 heavy (non-hydrogen) atoms. The van der Waals surface area contributed by atoms with Gasteiger partial charge >= 0.3 is 0 Å². The van der Waals surface area contributed by atoms with Crippen LogP contribution in [-0.4, -0.2) is 41.2 Å². The molecule has 0 unspecified atom stereocenters. The third kappa shape index (κ3) is 3.39. The third-order valence-corrected chi connectivity index (χ3v) is 4.19.